The van der Waals surface area contributed by atoms with Gasteiger partial charge in [-0.2, -0.15) is 31.4 Å². The van der Waals surface area contributed by atoms with Crippen molar-refractivity contribution >= 4 is 35.0 Å². The first-order chi connectivity index (χ1) is 16.2. The Morgan fingerprint density at radius 1 is 1.11 bits per heavy atom. The molecule has 1 N–H and O–H groups in total. The van der Waals surface area contributed by atoms with E-state index in [1.165, 1.54) is 13.0 Å². The average molecular weight is 522 g/mol. The van der Waals surface area contributed by atoms with Crippen LogP contribution < -0.4 is 5.32 Å². The number of hydrogen-bond donors (Lipinski definition) is 1. The SMILES string of the molecule is CCOC(=O)C1(C)CN(C(=O)Nc2cccc(C(F)(F)F)c2)N=C1c1ccc(C(F)(F)F)c(Cl)c1. The highest BCUT2D eigenvalue weighted by Crippen LogP contribution is 2.38. The highest BCUT2D eigenvalue weighted by Gasteiger charge is 2.49. The van der Waals surface area contributed by atoms with Crippen LogP contribution in [0.2, 0.25) is 5.02 Å². The maximum absolute atomic E-state index is 13.1. The number of nitrogens with one attached hydrogen (secondary N) is 1. The molecule has 35 heavy (non-hydrogen) atoms. The number of carbonyl (C=O) groups excluding carboxylic acids is 2. The van der Waals surface area contributed by atoms with Crippen LogP contribution in [0, 0.1) is 5.41 Å². The molecule has 2 amide bonds. The summed E-state index contributed by atoms with van der Waals surface area (Å²) in [6.45, 7) is 2.52. The molecular formula is C22H18ClF6N3O3. The van der Waals surface area contributed by atoms with Gasteiger partial charge in [0, 0.05) is 11.3 Å². The first-order valence-corrected chi connectivity index (χ1v) is 10.4. The molecule has 1 atom stereocenters. The number of benzene rings is 2. The van der Waals surface area contributed by atoms with Crippen LogP contribution >= 0.6 is 11.6 Å². The van der Waals surface area contributed by atoms with E-state index in [1.54, 1.807) is 6.92 Å². The molecule has 0 aliphatic carbocycles. The number of nitrogens with zero attached hydrogens (tertiary/aromatic N) is 2. The number of hydrogen-bond acceptors (Lipinski definition) is 4. The van der Waals surface area contributed by atoms with Gasteiger partial charge in [-0.15, -0.1) is 0 Å². The first-order valence-electron chi connectivity index (χ1n) is 10.1. The molecule has 188 valence electrons. The summed E-state index contributed by atoms with van der Waals surface area (Å²) in [5, 5.41) is 6.51. The molecule has 13 heteroatoms. The van der Waals surface area contributed by atoms with Crippen LogP contribution in [0.1, 0.15) is 30.5 Å². The molecule has 0 bridgehead atoms. The van der Waals surface area contributed by atoms with Crippen molar-refractivity contribution < 1.29 is 40.7 Å². The van der Waals surface area contributed by atoms with E-state index in [1.807, 2.05) is 0 Å². The Balaban J connectivity index is 1.97. The van der Waals surface area contributed by atoms with Gasteiger partial charge in [-0.3, -0.25) is 4.79 Å². The van der Waals surface area contributed by atoms with Gasteiger partial charge in [-0.1, -0.05) is 23.7 Å². The van der Waals surface area contributed by atoms with Crippen molar-refractivity contribution in [1.82, 2.24) is 5.01 Å². The van der Waals surface area contributed by atoms with E-state index in [0.717, 1.165) is 41.4 Å². The van der Waals surface area contributed by atoms with Crippen LogP contribution in [0.25, 0.3) is 0 Å². The number of amides is 2. The number of halogens is 7. The van der Waals surface area contributed by atoms with Gasteiger partial charge in [-0.05, 0) is 44.2 Å². The summed E-state index contributed by atoms with van der Waals surface area (Å²) in [4.78, 5) is 25.5. The molecule has 1 aliphatic heterocycles. The molecule has 1 aliphatic rings. The molecule has 0 spiro atoms. The first kappa shape index (κ1) is 26.3. The molecule has 3 rings (SSSR count). The third kappa shape index (κ3) is 5.53. The highest BCUT2D eigenvalue weighted by atomic mass is 35.5. The van der Waals surface area contributed by atoms with Gasteiger partial charge in [0.25, 0.3) is 0 Å². The van der Waals surface area contributed by atoms with Crippen molar-refractivity contribution in [2.45, 2.75) is 26.2 Å². The van der Waals surface area contributed by atoms with Crippen LogP contribution in [-0.4, -0.2) is 35.9 Å². The Morgan fingerprint density at radius 2 is 1.80 bits per heavy atom. The largest absolute Gasteiger partial charge is 0.465 e. The molecule has 2 aromatic rings. The minimum atomic E-state index is -4.71. The Morgan fingerprint density at radius 3 is 2.37 bits per heavy atom. The second kappa shape index (κ2) is 9.40. The van der Waals surface area contributed by atoms with E-state index in [9.17, 15) is 35.9 Å². The minimum absolute atomic E-state index is 0.0219. The summed E-state index contributed by atoms with van der Waals surface area (Å²) in [7, 11) is 0. The lowest BCUT2D eigenvalue weighted by Crippen LogP contribution is -2.42. The average Bonchev–Trinajstić information content (AvgIpc) is 3.11. The van der Waals surface area contributed by atoms with Crippen LogP contribution in [0.4, 0.5) is 36.8 Å². The fourth-order valence-corrected chi connectivity index (χ4v) is 3.73. The van der Waals surface area contributed by atoms with E-state index < -0.39 is 45.9 Å². The molecule has 0 saturated carbocycles. The Hall–Kier alpha value is -3.28. The van der Waals surface area contributed by atoms with Crippen LogP contribution in [0.5, 0.6) is 0 Å². The van der Waals surface area contributed by atoms with E-state index in [4.69, 9.17) is 16.3 Å². The standard InChI is InChI=1S/C22H18ClF6N3O3/c1-3-35-18(33)20(2)11-32(19(34)30-14-6-4-5-13(10-14)21(24,25)26)31-17(20)12-7-8-15(16(23)9-12)22(27,28)29/h4-10H,3,11H2,1-2H3,(H,30,34). The molecular weight excluding hydrogens is 504 g/mol. The van der Waals surface area contributed by atoms with Crippen molar-refractivity contribution in [3.8, 4) is 0 Å². The van der Waals surface area contributed by atoms with Crippen molar-refractivity contribution in [1.29, 1.82) is 0 Å². The molecule has 0 radical (unpaired) electrons. The summed E-state index contributed by atoms with van der Waals surface area (Å²) >= 11 is 5.81. The molecule has 2 aromatic carbocycles. The van der Waals surface area contributed by atoms with Crippen molar-refractivity contribution in [2.24, 2.45) is 10.5 Å². The molecule has 6 nitrogen and oxygen atoms in total. The van der Waals surface area contributed by atoms with E-state index in [-0.39, 0.29) is 30.1 Å². The number of esters is 1. The zero-order valence-electron chi connectivity index (χ0n) is 18.2. The summed E-state index contributed by atoms with van der Waals surface area (Å²) < 4.78 is 83.3. The number of ether oxygens (including phenoxy) is 1. The highest BCUT2D eigenvalue weighted by molar-refractivity contribution is 6.32. The van der Waals surface area contributed by atoms with Gasteiger partial charge in [0.15, 0.2) is 0 Å². The van der Waals surface area contributed by atoms with Gasteiger partial charge < -0.3 is 10.1 Å². The molecule has 1 heterocycles. The van der Waals surface area contributed by atoms with Gasteiger partial charge in [-0.25, -0.2) is 9.80 Å². The smallest absolute Gasteiger partial charge is 0.417 e. The maximum Gasteiger partial charge on any atom is 0.417 e. The normalized spacial score (nSPS) is 18.3. The predicted molar refractivity (Wildman–Crippen MR) is 115 cm³/mol. The van der Waals surface area contributed by atoms with Gasteiger partial charge >= 0.3 is 24.4 Å². The fraction of sp³-hybridized carbons (Fsp3) is 0.318. The van der Waals surface area contributed by atoms with Crippen molar-refractivity contribution in [2.75, 3.05) is 18.5 Å². The van der Waals surface area contributed by atoms with Crippen LogP contribution in [0.3, 0.4) is 0 Å². The number of urea groups is 1. The molecule has 0 aromatic heterocycles. The lowest BCUT2D eigenvalue weighted by molar-refractivity contribution is -0.150. The summed E-state index contributed by atoms with van der Waals surface area (Å²) in [6, 6.07) is 5.66. The van der Waals surface area contributed by atoms with Gasteiger partial charge in [0.05, 0.1) is 35.0 Å². The summed E-state index contributed by atoms with van der Waals surface area (Å²) in [5.41, 5.74) is -3.91. The quantitative estimate of drug-likeness (QED) is 0.385. The Bertz CT molecular complexity index is 1180. The van der Waals surface area contributed by atoms with E-state index in [2.05, 4.69) is 10.4 Å². The monoisotopic (exact) mass is 521 g/mol. The summed E-state index contributed by atoms with van der Waals surface area (Å²) in [5.74, 6) is -0.802. The maximum atomic E-state index is 13.1. The Kier molecular flexibility index (Phi) is 7.07. The topological polar surface area (TPSA) is 71.0 Å². The van der Waals surface area contributed by atoms with Crippen molar-refractivity contribution in [3.05, 3.63) is 64.2 Å². The number of hydrazone groups is 1. The minimum Gasteiger partial charge on any atom is -0.465 e. The number of anilines is 1. The number of carbonyl (C=O) groups is 2. The van der Waals surface area contributed by atoms with Gasteiger partial charge in [0.1, 0.15) is 5.41 Å². The zero-order chi connectivity index (χ0) is 26.2. The van der Waals surface area contributed by atoms with E-state index in [0.29, 0.717) is 0 Å². The Labute approximate surface area is 200 Å². The van der Waals surface area contributed by atoms with Crippen LogP contribution in [0.15, 0.2) is 47.6 Å². The second-order valence-corrected chi connectivity index (χ2v) is 8.17. The third-order valence-electron chi connectivity index (χ3n) is 5.16. The van der Waals surface area contributed by atoms with Crippen LogP contribution in [-0.2, 0) is 21.9 Å². The molecule has 1 unspecified atom stereocenters. The second-order valence-electron chi connectivity index (χ2n) is 7.76. The lowest BCUT2D eigenvalue weighted by Gasteiger charge is -2.24. The van der Waals surface area contributed by atoms with Gasteiger partial charge in [0.2, 0.25) is 0 Å². The van der Waals surface area contributed by atoms with Crippen molar-refractivity contribution in [3.63, 3.8) is 0 Å². The number of rotatable bonds is 4. The number of alkyl halides is 6. The third-order valence-corrected chi connectivity index (χ3v) is 5.47. The summed E-state index contributed by atoms with van der Waals surface area (Å²) in [6.07, 6.45) is -9.35. The predicted octanol–water partition coefficient (Wildman–Crippen LogP) is 6.20. The molecule has 0 saturated heterocycles. The fourth-order valence-electron chi connectivity index (χ4n) is 3.44. The van der Waals surface area contributed by atoms with E-state index >= 15 is 0 Å². The molecule has 0 fully saturated rings. The zero-order valence-corrected chi connectivity index (χ0v) is 19.0. The lowest BCUT2D eigenvalue weighted by atomic mass is 9.82.